The molecule has 0 radical (unpaired) electrons. The van der Waals surface area contributed by atoms with Crippen LogP contribution in [0.2, 0.25) is 5.02 Å². The highest BCUT2D eigenvalue weighted by atomic mass is 35.5. The maximum atomic E-state index is 15.6. The average Bonchev–Trinajstić information content (AvgIpc) is 2.97. The number of nitrogens with one attached hydrogen (secondary N) is 1. The third-order valence-electron chi connectivity index (χ3n) is 8.01. The fraction of sp³-hybridized carbons (Fsp3) is 0.676. The van der Waals surface area contributed by atoms with Gasteiger partial charge in [0.25, 0.3) is 0 Å². The van der Waals surface area contributed by atoms with E-state index in [9.17, 15) is 9.90 Å². The van der Waals surface area contributed by atoms with Crippen molar-refractivity contribution in [1.29, 1.82) is 0 Å². The van der Waals surface area contributed by atoms with Crippen LogP contribution >= 0.6 is 11.6 Å². The number of aryl methyl sites for hydroxylation is 1. The summed E-state index contributed by atoms with van der Waals surface area (Å²) in [5.41, 5.74) is 0.212. The monoisotopic (exact) mass is 636 g/mol. The summed E-state index contributed by atoms with van der Waals surface area (Å²) in [6.07, 6.45) is 6.15. The number of rotatable bonds is 12. The van der Waals surface area contributed by atoms with E-state index < -0.39 is 11.3 Å². The van der Waals surface area contributed by atoms with Crippen LogP contribution in [0, 0.1) is 18.8 Å². The van der Waals surface area contributed by atoms with Gasteiger partial charge < -0.3 is 25.1 Å². The van der Waals surface area contributed by atoms with Crippen molar-refractivity contribution < 1.29 is 14.3 Å². The number of amides is 1. The number of aromatic nitrogens is 2. The SMILES string of the molecule is CC.CCCC.Cc1ccc(Nc2nc(N3CC(C)C(C)(F)C(CCN(C)C)C3)ncc2Cl)cc1N(C=O)CCC(C)(C)O. The number of nitrogens with zero attached hydrogens (tertiary/aromatic N) is 5. The Morgan fingerprint density at radius 3 is 2.39 bits per heavy atom. The number of halogens is 2. The minimum atomic E-state index is -1.27. The van der Waals surface area contributed by atoms with Crippen LogP contribution in [0.1, 0.15) is 86.6 Å². The lowest BCUT2D eigenvalue weighted by Crippen LogP contribution is -2.54. The molecule has 44 heavy (non-hydrogen) atoms. The Morgan fingerprint density at radius 1 is 1.20 bits per heavy atom. The Morgan fingerprint density at radius 2 is 1.84 bits per heavy atom. The lowest BCUT2D eigenvalue weighted by atomic mass is 9.75. The maximum absolute atomic E-state index is 15.6. The summed E-state index contributed by atoms with van der Waals surface area (Å²) < 4.78 is 15.6. The molecule has 10 heteroatoms. The maximum Gasteiger partial charge on any atom is 0.227 e. The van der Waals surface area contributed by atoms with Gasteiger partial charge in [0.15, 0.2) is 5.82 Å². The number of aliphatic hydroxyl groups is 1. The van der Waals surface area contributed by atoms with E-state index in [0.717, 1.165) is 30.6 Å². The van der Waals surface area contributed by atoms with Crippen LogP contribution in [-0.2, 0) is 4.79 Å². The number of alkyl halides is 1. The molecule has 0 saturated carbocycles. The summed E-state index contributed by atoms with van der Waals surface area (Å²) >= 11 is 6.47. The second-order valence-electron chi connectivity index (χ2n) is 12.6. The number of unbranched alkanes of at least 4 members (excludes halogenated alkanes) is 1. The van der Waals surface area contributed by atoms with E-state index in [1.807, 2.05) is 64.9 Å². The first-order chi connectivity index (χ1) is 20.6. The van der Waals surface area contributed by atoms with Crippen molar-refractivity contribution in [1.82, 2.24) is 14.9 Å². The molecule has 1 saturated heterocycles. The number of hydrogen-bond donors (Lipinski definition) is 2. The largest absolute Gasteiger partial charge is 0.390 e. The van der Waals surface area contributed by atoms with E-state index in [1.54, 1.807) is 31.9 Å². The van der Waals surface area contributed by atoms with E-state index in [-0.39, 0.29) is 11.8 Å². The Hall–Kier alpha value is -2.49. The molecule has 3 atom stereocenters. The van der Waals surface area contributed by atoms with E-state index in [2.05, 4.69) is 29.0 Å². The van der Waals surface area contributed by atoms with Gasteiger partial charge in [-0.15, -0.1) is 0 Å². The molecular formula is C34H58ClFN6O2. The van der Waals surface area contributed by atoms with Crippen LogP contribution < -0.4 is 15.1 Å². The van der Waals surface area contributed by atoms with Gasteiger partial charge in [-0.2, -0.15) is 4.98 Å². The Kier molecular flexibility index (Phi) is 16.6. The third kappa shape index (κ3) is 12.1. The fourth-order valence-corrected chi connectivity index (χ4v) is 4.87. The quantitative estimate of drug-likeness (QED) is 0.229. The summed E-state index contributed by atoms with van der Waals surface area (Å²) in [4.78, 5) is 26.7. The van der Waals surface area contributed by atoms with Gasteiger partial charge >= 0.3 is 0 Å². The Bertz CT molecular complexity index is 1140. The van der Waals surface area contributed by atoms with Gasteiger partial charge in [0, 0.05) is 42.8 Å². The van der Waals surface area contributed by atoms with Crippen LogP contribution in [0.25, 0.3) is 0 Å². The Labute approximate surface area is 271 Å². The van der Waals surface area contributed by atoms with Gasteiger partial charge in [-0.1, -0.05) is 65.1 Å². The summed E-state index contributed by atoms with van der Waals surface area (Å²) in [5.74, 6) is 0.604. The average molecular weight is 637 g/mol. The van der Waals surface area contributed by atoms with Crippen LogP contribution in [0.3, 0.4) is 0 Å². The second kappa shape index (κ2) is 18.5. The molecule has 250 valence electrons. The number of hydrogen-bond acceptors (Lipinski definition) is 7. The van der Waals surface area contributed by atoms with Gasteiger partial charge in [0.2, 0.25) is 12.4 Å². The predicted octanol–water partition coefficient (Wildman–Crippen LogP) is 7.89. The van der Waals surface area contributed by atoms with E-state index in [0.29, 0.717) is 48.5 Å². The molecule has 0 aliphatic carbocycles. The number of anilines is 4. The number of piperidine rings is 1. The summed E-state index contributed by atoms with van der Waals surface area (Å²) in [7, 11) is 4.00. The van der Waals surface area contributed by atoms with Crippen molar-refractivity contribution in [2.45, 2.75) is 99.3 Å². The first-order valence-corrected chi connectivity index (χ1v) is 16.4. The highest BCUT2D eigenvalue weighted by molar-refractivity contribution is 6.32. The lowest BCUT2D eigenvalue weighted by Gasteiger charge is -2.45. The van der Waals surface area contributed by atoms with Crippen LogP contribution in [0.4, 0.5) is 27.5 Å². The molecule has 2 aromatic rings. The molecule has 2 heterocycles. The summed E-state index contributed by atoms with van der Waals surface area (Å²) in [6, 6.07) is 5.67. The topological polar surface area (TPSA) is 84.8 Å². The van der Waals surface area contributed by atoms with Gasteiger partial charge in [-0.3, -0.25) is 4.79 Å². The standard InChI is InChI=1S/C28H42ClFN6O2.C4H10.C2H6/c1-19-8-9-22(14-24(19)35(18-37)13-11-27(3,4)38)32-25-23(29)15-31-26(33-25)36-16-20(2)28(5,30)21(17-36)10-12-34(6)7;1-3-4-2;1-2/h8-9,14-15,18,20-21,38H,10-13,16-17H2,1-7H3,(H,31,32,33);3-4H2,1-2H3;1-2H3. The van der Waals surface area contributed by atoms with Crippen LogP contribution in [0.5, 0.6) is 0 Å². The van der Waals surface area contributed by atoms with Crippen LogP contribution in [-0.4, -0.2) is 77.9 Å². The third-order valence-corrected chi connectivity index (χ3v) is 8.29. The molecular weight excluding hydrogens is 579 g/mol. The van der Waals surface area contributed by atoms with E-state index >= 15 is 4.39 Å². The molecule has 1 aliphatic rings. The first kappa shape index (κ1) is 39.5. The number of benzene rings is 1. The molecule has 3 rings (SSSR count). The van der Waals surface area contributed by atoms with E-state index in [1.165, 1.54) is 12.8 Å². The highest BCUT2D eigenvalue weighted by Crippen LogP contribution is 2.39. The van der Waals surface area contributed by atoms with Crippen molar-refractivity contribution in [3.8, 4) is 0 Å². The molecule has 1 aromatic heterocycles. The first-order valence-electron chi connectivity index (χ1n) is 16.1. The zero-order chi connectivity index (χ0) is 33.7. The lowest BCUT2D eigenvalue weighted by molar-refractivity contribution is -0.107. The van der Waals surface area contributed by atoms with E-state index in [4.69, 9.17) is 16.6 Å². The van der Waals surface area contributed by atoms with Crippen molar-refractivity contribution in [2.24, 2.45) is 11.8 Å². The summed E-state index contributed by atoms with van der Waals surface area (Å²) in [5, 5.41) is 13.7. The van der Waals surface area contributed by atoms with Gasteiger partial charge in [-0.05, 0) is 78.9 Å². The zero-order valence-corrected chi connectivity index (χ0v) is 29.8. The molecule has 1 aromatic carbocycles. The predicted molar refractivity (Wildman–Crippen MR) is 185 cm³/mol. The van der Waals surface area contributed by atoms with Gasteiger partial charge in [0.05, 0.1) is 11.8 Å². The molecule has 0 bridgehead atoms. The van der Waals surface area contributed by atoms with Crippen molar-refractivity contribution in [3.63, 3.8) is 0 Å². The number of carbonyl (C=O) groups excluding carboxylic acids is 1. The van der Waals surface area contributed by atoms with Crippen molar-refractivity contribution >= 4 is 41.2 Å². The van der Waals surface area contributed by atoms with Crippen LogP contribution in [0.15, 0.2) is 24.4 Å². The zero-order valence-electron chi connectivity index (χ0n) is 29.0. The summed E-state index contributed by atoms with van der Waals surface area (Å²) in [6.45, 7) is 19.6. The fourth-order valence-electron chi connectivity index (χ4n) is 4.74. The minimum Gasteiger partial charge on any atom is -0.390 e. The minimum absolute atomic E-state index is 0.151. The molecule has 1 fully saturated rings. The van der Waals surface area contributed by atoms with Gasteiger partial charge in [-0.25, -0.2) is 9.37 Å². The van der Waals surface area contributed by atoms with Gasteiger partial charge in [0.1, 0.15) is 10.7 Å². The highest BCUT2D eigenvalue weighted by Gasteiger charge is 2.45. The van der Waals surface area contributed by atoms with Crippen molar-refractivity contribution in [2.75, 3.05) is 55.4 Å². The normalized spacial score (nSPS) is 19.8. The molecule has 2 N–H and O–H groups in total. The second-order valence-corrected chi connectivity index (χ2v) is 13.0. The molecule has 1 aliphatic heterocycles. The molecule has 8 nitrogen and oxygen atoms in total. The smallest absolute Gasteiger partial charge is 0.227 e. The Balaban J connectivity index is 0.00000149. The molecule has 1 amide bonds. The number of carbonyl (C=O) groups is 1. The molecule has 3 unspecified atom stereocenters. The van der Waals surface area contributed by atoms with Crippen molar-refractivity contribution in [3.05, 3.63) is 35.0 Å². The molecule has 0 spiro atoms.